The fraction of sp³-hybridized carbons (Fsp3) is 0.286. The third kappa shape index (κ3) is 2.31. The molecule has 0 radical (unpaired) electrons. The van der Waals surface area contributed by atoms with Gasteiger partial charge < -0.3 is 16.4 Å². The van der Waals surface area contributed by atoms with Gasteiger partial charge in [0.25, 0.3) is 0 Å². The molecule has 0 bridgehead atoms. The monoisotopic (exact) mass is 256 g/mol. The molecule has 5 nitrogen and oxygen atoms in total. The van der Waals surface area contributed by atoms with Gasteiger partial charge in [-0.05, 0) is 12.5 Å². The Balaban J connectivity index is 1.91. The summed E-state index contributed by atoms with van der Waals surface area (Å²) in [5.74, 6) is 0.116. The van der Waals surface area contributed by atoms with Crippen molar-refractivity contribution < 1.29 is 4.79 Å². The number of piperidine rings is 1. The first-order valence-electron chi connectivity index (χ1n) is 6.40. The maximum Gasteiger partial charge on any atom is 0.220 e. The number of rotatable bonds is 2. The van der Waals surface area contributed by atoms with Gasteiger partial charge in [0, 0.05) is 24.4 Å². The van der Waals surface area contributed by atoms with Crippen LogP contribution in [0.3, 0.4) is 0 Å². The number of nitrogens with two attached hydrogens (primary N) is 1. The molecule has 0 spiro atoms. The number of fused-ring (bicyclic) bond motifs is 1. The molecule has 98 valence electrons. The smallest absolute Gasteiger partial charge is 0.220 e. The summed E-state index contributed by atoms with van der Waals surface area (Å²) in [6.45, 7) is 0.634. The van der Waals surface area contributed by atoms with E-state index in [-0.39, 0.29) is 11.9 Å². The zero-order valence-electron chi connectivity index (χ0n) is 10.5. The first-order valence-corrected chi connectivity index (χ1v) is 6.40. The van der Waals surface area contributed by atoms with E-state index in [1.54, 1.807) is 6.20 Å². The number of anilines is 2. The van der Waals surface area contributed by atoms with E-state index in [9.17, 15) is 4.79 Å². The number of amides is 1. The van der Waals surface area contributed by atoms with Crippen LogP contribution in [-0.2, 0) is 4.79 Å². The summed E-state index contributed by atoms with van der Waals surface area (Å²) >= 11 is 0. The summed E-state index contributed by atoms with van der Waals surface area (Å²) in [5, 5.41) is 7.31. The molecule has 1 saturated heterocycles. The molecule has 2 heterocycles. The molecule has 19 heavy (non-hydrogen) atoms. The number of pyridine rings is 1. The van der Waals surface area contributed by atoms with Crippen LogP contribution in [0, 0.1) is 0 Å². The van der Waals surface area contributed by atoms with Gasteiger partial charge in [-0.15, -0.1) is 0 Å². The maximum absolute atomic E-state index is 11.2. The van der Waals surface area contributed by atoms with Crippen LogP contribution < -0.4 is 16.4 Å². The normalized spacial score (nSPS) is 19.2. The molecule has 3 rings (SSSR count). The van der Waals surface area contributed by atoms with Crippen LogP contribution in [0.1, 0.15) is 12.8 Å². The largest absolute Gasteiger partial charge is 0.396 e. The van der Waals surface area contributed by atoms with Gasteiger partial charge in [0.15, 0.2) is 0 Å². The molecule has 2 aromatic rings. The first kappa shape index (κ1) is 11.8. The van der Waals surface area contributed by atoms with Crippen molar-refractivity contribution in [2.24, 2.45) is 0 Å². The molecule has 1 amide bonds. The second-order valence-electron chi connectivity index (χ2n) is 4.79. The summed E-state index contributed by atoms with van der Waals surface area (Å²) in [6, 6.07) is 8.10. The molecular weight excluding hydrogens is 240 g/mol. The number of para-hydroxylation sites is 1. The third-order valence-corrected chi connectivity index (χ3v) is 3.42. The van der Waals surface area contributed by atoms with Crippen LogP contribution in [0.25, 0.3) is 10.9 Å². The molecule has 5 heteroatoms. The summed E-state index contributed by atoms with van der Waals surface area (Å²) < 4.78 is 0. The van der Waals surface area contributed by atoms with Crippen molar-refractivity contribution in [2.45, 2.75) is 18.9 Å². The van der Waals surface area contributed by atoms with Crippen molar-refractivity contribution in [1.82, 2.24) is 10.3 Å². The summed E-state index contributed by atoms with van der Waals surface area (Å²) in [6.07, 6.45) is 3.05. The molecule has 4 N–H and O–H groups in total. The van der Waals surface area contributed by atoms with Crippen LogP contribution in [0.15, 0.2) is 30.5 Å². The Bertz CT molecular complexity index is 616. The van der Waals surface area contributed by atoms with Crippen molar-refractivity contribution in [1.29, 1.82) is 0 Å². The summed E-state index contributed by atoms with van der Waals surface area (Å²) in [5.41, 5.74) is 8.48. The van der Waals surface area contributed by atoms with Crippen molar-refractivity contribution in [2.75, 3.05) is 17.6 Å². The van der Waals surface area contributed by atoms with E-state index in [2.05, 4.69) is 15.6 Å². The van der Waals surface area contributed by atoms with E-state index < -0.39 is 0 Å². The minimum absolute atomic E-state index is 0.116. The van der Waals surface area contributed by atoms with E-state index in [0.717, 1.165) is 23.0 Å². The molecule has 1 aliphatic rings. The molecule has 1 aromatic carbocycles. The highest BCUT2D eigenvalue weighted by molar-refractivity contribution is 5.97. The Hall–Kier alpha value is -2.30. The molecule has 1 unspecified atom stereocenters. The molecule has 1 aliphatic heterocycles. The standard InChI is InChI=1S/C14H16N4O/c15-11-8-16-12-4-2-1-3-10(12)14(11)18-9-5-6-13(19)17-7-9/h1-4,8-9H,5-7,15H2,(H,16,18)(H,17,19). The topological polar surface area (TPSA) is 80.0 Å². The Morgan fingerprint density at radius 1 is 1.37 bits per heavy atom. The van der Waals surface area contributed by atoms with Crippen LogP contribution in [0.2, 0.25) is 0 Å². The van der Waals surface area contributed by atoms with Gasteiger partial charge >= 0.3 is 0 Å². The first-order chi connectivity index (χ1) is 9.24. The minimum Gasteiger partial charge on any atom is -0.396 e. The lowest BCUT2D eigenvalue weighted by molar-refractivity contribution is -0.122. The predicted molar refractivity (Wildman–Crippen MR) is 75.8 cm³/mol. The fourth-order valence-corrected chi connectivity index (χ4v) is 2.38. The zero-order chi connectivity index (χ0) is 13.2. The van der Waals surface area contributed by atoms with E-state index in [4.69, 9.17) is 5.73 Å². The Labute approximate surface area is 111 Å². The van der Waals surface area contributed by atoms with Crippen LogP contribution >= 0.6 is 0 Å². The van der Waals surface area contributed by atoms with Gasteiger partial charge in [0.1, 0.15) is 0 Å². The maximum atomic E-state index is 11.2. The van der Waals surface area contributed by atoms with Gasteiger partial charge in [0.2, 0.25) is 5.91 Å². The number of aromatic nitrogens is 1. The molecular formula is C14H16N4O. The second-order valence-corrected chi connectivity index (χ2v) is 4.79. The summed E-state index contributed by atoms with van der Waals surface area (Å²) in [4.78, 5) is 15.5. The van der Waals surface area contributed by atoms with Crippen LogP contribution in [0.5, 0.6) is 0 Å². The van der Waals surface area contributed by atoms with Gasteiger partial charge in [0.05, 0.1) is 23.1 Å². The van der Waals surface area contributed by atoms with Gasteiger partial charge in [-0.1, -0.05) is 18.2 Å². The highest BCUT2D eigenvalue weighted by atomic mass is 16.1. The highest BCUT2D eigenvalue weighted by Crippen LogP contribution is 2.28. The molecule has 0 aliphatic carbocycles. The zero-order valence-corrected chi connectivity index (χ0v) is 10.5. The molecule has 1 aromatic heterocycles. The lowest BCUT2D eigenvalue weighted by Crippen LogP contribution is -2.42. The lowest BCUT2D eigenvalue weighted by Gasteiger charge is -2.25. The third-order valence-electron chi connectivity index (χ3n) is 3.42. The number of nitrogen functional groups attached to an aromatic ring is 1. The Morgan fingerprint density at radius 2 is 2.21 bits per heavy atom. The van der Waals surface area contributed by atoms with E-state index >= 15 is 0 Å². The number of carbonyl (C=O) groups excluding carboxylic acids is 1. The van der Waals surface area contributed by atoms with Crippen LogP contribution in [-0.4, -0.2) is 23.5 Å². The fourth-order valence-electron chi connectivity index (χ4n) is 2.38. The van der Waals surface area contributed by atoms with Gasteiger partial charge in [-0.2, -0.15) is 0 Å². The average molecular weight is 256 g/mol. The van der Waals surface area contributed by atoms with Crippen LogP contribution in [0.4, 0.5) is 11.4 Å². The molecule has 1 fully saturated rings. The van der Waals surface area contributed by atoms with Crippen molar-refractivity contribution in [3.05, 3.63) is 30.5 Å². The highest BCUT2D eigenvalue weighted by Gasteiger charge is 2.19. The van der Waals surface area contributed by atoms with E-state index in [1.165, 1.54) is 0 Å². The number of nitrogens with zero attached hydrogens (tertiary/aromatic N) is 1. The lowest BCUT2D eigenvalue weighted by atomic mass is 10.1. The SMILES string of the molecule is Nc1cnc2ccccc2c1NC1CCC(=O)NC1. The predicted octanol–water partition coefficient (Wildman–Crippen LogP) is 1.51. The minimum atomic E-state index is 0.116. The quantitative estimate of drug-likeness (QED) is 0.761. The second kappa shape index (κ2) is 4.76. The Kier molecular flexibility index (Phi) is 2.95. The van der Waals surface area contributed by atoms with Crippen molar-refractivity contribution in [3.8, 4) is 0 Å². The van der Waals surface area contributed by atoms with Crippen molar-refractivity contribution >= 4 is 28.2 Å². The number of benzene rings is 1. The number of hydrogen-bond acceptors (Lipinski definition) is 4. The molecule has 0 saturated carbocycles. The number of nitrogens with one attached hydrogen (secondary N) is 2. The van der Waals surface area contributed by atoms with E-state index in [1.807, 2.05) is 24.3 Å². The molecule has 1 atom stereocenters. The van der Waals surface area contributed by atoms with E-state index in [0.29, 0.717) is 18.7 Å². The van der Waals surface area contributed by atoms with Gasteiger partial charge in [-0.25, -0.2) is 0 Å². The van der Waals surface area contributed by atoms with Gasteiger partial charge in [-0.3, -0.25) is 9.78 Å². The number of hydrogen-bond donors (Lipinski definition) is 3. The Morgan fingerprint density at radius 3 is 3.00 bits per heavy atom. The summed E-state index contributed by atoms with van der Waals surface area (Å²) in [7, 11) is 0. The number of carbonyl (C=O) groups is 1. The van der Waals surface area contributed by atoms with Crippen molar-refractivity contribution in [3.63, 3.8) is 0 Å². The average Bonchev–Trinajstić information content (AvgIpc) is 2.44.